The predicted octanol–water partition coefficient (Wildman–Crippen LogP) is 2.64. The predicted molar refractivity (Wildman–Crippen MR) is 60.6 cm³/mol. The van der Waals surface area contributed by atoms with Crippen molar-refractivity contribution in [2.45, 2.75) is 32.1 Å². The zero-order valence-electron chi connectivity index (χ0n) is 9.14. The summed E-state index contributed by atoms with van der Waals surface area (Å²) < 4.78 is 0. The molecule has 1 N–H and O–H groups in total. The summed E-state index contributed by atoms with van der Waals surface area (Å²) in [7, 11) is 0. The molecule has 14 heavy (non-hydrogen) atoms. The molecule has 0 unspecified atom stereocenters. The maximum Gasteiger partial charge on any atom is 0.00785 e. The molecule has 0 aromatic heterocycles. The normalized spacial score (nSPS) is 18.1. The molecule has 0 amide bonds. The van der Waals surface area contributed by atoms with Crippen LogP contribution in [0.2, 0.25) is 0 Å². The Morgan fingerprint density at radius 3 is 2.71 bits per heavy atom. The maximum atomic E-state index is 3.47. The Balaban J connectivity index is 2.14. The van der Waals surface area contributed by atoms with Crippen molar-refractivity contribution in [2.24, 2.45) is 0 Å². The second-order valence-electron chi connectivity index (χ2n) is 4.43. The van der Waals surface area contributed by atoms with Gasteiger partial charge in [-0.15, -0.1) is 0 Å². The minimum atomic E-state index is 0.474. The van der Waals surface area contributed by atoms with Crippen molar-refractivity contribution in [1.29, 1.82) is 0 Å². The molecule has 0 bridgehead atoms. The van der Waals surface area contributed by atoms with E-state index in [4.69, 9.17) is 0 Å². The van der Waals surface area contributed by atoms with E-state index in [-0.39, 0.29) is 0 Å². The smallest absolute Gasteiger partial charge is 0.00785 e. The average Bonchev–Trinajstić information content (AvgIpc) is 2.96. The van der Waals surface area contributed by atoms with Gasteiger partial charge >= 0.3 is 0 Å². The van der Waals surface area contributed by atoms with Gasteiger partial charge in [-0.2, -0.15) is 0 Å². The van der Waals surface area contributed by atoms with Crippen LogP contribution in [0, 0.1) is 6.92 Å². The van der Waals surface area contributed by atoms with Crippen molar-refractivity contribution >= 4 is 0 Å². The van der Waals surface area contributed by atoms with E-state index >= 15 is 0 Å². The van der Waals surface area contributed by atoms with Crippen LogP contribution >= 0.6 is 0 Å². The summed E-state index contributed by atoms with van der Waals surface area (Å²) in [5.74, 6) is 0. The summed E-state index contributed by atoms with van der Waals surface area (Å²) in [5, 5.41) is 3.47. The first-order valence-electron chi connectivity index (χ1n) is 5.55. The van der Waals surface area contributed by atoms with Crippen LogP contribution in [0.25, 0.3) is 0 Å². The molecule has 0 aliphatic heterocycles. The molecule has 1 heteroatoms. The van der Waals surface area contributed by atoms with Gasteiger partial charge < -0.3 is 5.32 Å². The fourth-order valence-corrected chi connectivity index (χ4v) is 2.06. The van der Waals surface area contributed by atoms with E-state index in [1.165, 1.54) is 24.0 Å². The Labute approximate surface area is 86.5 Å². The van der Waals surface area contributed by atoms with Gasteiger partial charge in [-0.3, -0.25) is 0 Å². The van der Waals surface area contributed by atoms with Crippen molar-refractivity contribution in [2.75, 3.05) is 13.1 Å². The maximum absolute atomic E-state index is 3.47. The van der Waals surface area contributed by atoms with E-state index in [0.29, 0.717) is 5.41 Å². The minimum absolute atomic E-state index is 0.474. The van der Waals surface area contributed by atoms with Crippen LogP contribution in [0.3, 0.4) is 0 Å². The second-order valence-corrected chi connectivity index (χ2v) is 4.43. The number of benzene rings is 1. The van der Waals surface area contributed by atoms with E-state index in [1.807, 2.05) is 0 Å². The molecule has 1 nitrogen and oxygen atoms in total. The third-order valence-electron chi connectivity index (χ3n) is 3.20. The van der Waals surface area contributed by atoms with Crippen molar-refractivity contribution < 1.29 is 0 Å². The highest BCUT2D eigenvalue weighted by atomic mass is 14.9. The average molecular weight is 189 g/mol. The van der Waals surface area contributed by atoms with Gasteiger partial charge in [-0.25, -0.2) is 0 Å². The van der Waals surface area contributed by atoms with Crippen LogP contribution in [0.15, 0.2) is 24.3 Å². The summed E-state index contributed by atoms with van der Waals surface area (Å²) in [5.41, 5.74) is 3.38. The Morgan fingerprint density at radius 2 is 2.14 bits per heavy atom. The van der Waals surface area contributed by atoms with E-state index in [0.717, 1.165) is 13.1 Å². The first-order valence-corrected chi connectivity index (χ1v) is 5.55. The van der Waals surface area contributed by atoms with Crippen molar-refractivity contribution in [3.8, 4) is 0 Å². The molecule has 76 valence electrons. The molecule has 1 aliphatic carbocycles. The zero-order valence-corrected chi connectivity index (χ0v) is 9.14. The van der Waals surface area contributed by atoms with E-state index in [2.05, 4.69) is 43.4 Å². The Bertz CT molecular complexity index is 313. The fourth-order valence-electron chi connectivity index (χ4n) is 2.06. The van der Waals surface area contributed by atoms with Gasteiger partial charge in [0.1, 0.15) is 0 Å². The lowest BCUT2D eigenvalue weighted by Crippen LogP contribution is -2.26. The Hall–Kier alpha value is -0.820. The SMILES string of the molecule is CCNCC1(c2cccc(C)c2)CC1. The monoisotopic (exact) mass is 189 g/mol. The highest BCUT2D eigenvalue weighted by Gasteiger charge is 2.43. The number of hydrogen-bond acceptors (Lipinski definition) is 1. The number of aryl methyl sites for hydroxylation is 1. The Kier molecular flexibility index (Phi) is 2.60. The molecule has 1 aromatic rings. The lowest BCUT2D eigenvalue weighted by atomic mass is 9.94. The van der Waals surface area contributed by atoms with Gasteiger partial charge in [0.25, 0.3) is 0 Å². The summed E-state index contributed by atoms with van der Waals surface area (Å²) >= 11 is 0. The molecule has 0 radical (unpaired) electrons. The van der Waals surface area contributed by atoms with Gasteiger partial charge in [0.2, 0.25) is 0 Å². The Morgan fingerprint density at radius 1 is 1.36 bits per heavy atom. The molecule has 0 heterocycles. The zero-order chi connectivity index (χ0) is 10.0. The van der Waals surface area contributed by atoms with E-state index in [9.17, 15) is 0 Å². The molecule has 0 saturated heterocycles. The van der Waals surface area contributed by atoms with Gasteiger partial charge in [0.05, 0.1) is 0 Å². The lowest BCUT2D eigenvalue weighted by molar-refractivity contribution is 0.590. The topological polar surface area (TPSA) is 12.0 Å². The highest BCUT2D eigenvalue weighted by molar-refractivity contribution is 5.34. The molecular weight excluding hydrogens is 170 g/mol. The van der Waals surface area contributed by atoms with Crippen molar-refractivity contribution in [3.05, 3.63) is 35.4 Å². The number of rotatable bonds is 4. The quantitative estimate of drug-likeness (QED) is 0.767. The van der Waals surface area contributed by atoms with E-state index in [1.54, 1.807) is 0 Å². The highest BCUT2D eigenvalue weighted by Crippen LogP contribution is 2.47. The largest absolute Gasteiger partial charge is 0.316 e. The molecular formula is C13H19N. The van der Waals surface area contributed by atoms with Crippen LogP contribution in [0.1, 0.15) is 30.9 Å². The summed E-state index contributed by atoms with van der Waals surface area (Å²) in [4.78, 5) is 0. The van der Waals surface area contributed by atoms with Crippen LogP contribution < -0.4 is 5.32 Å². The van der Waals surface area contributed by atoms with Gasteiger partial charge in [0, 0.05) is 12.0 Å². The van der Waals surface area contributed by atoms with E-state index < -0.39 is 0 Å². The lowest BCUT2D eigenvalue weighted by Gasteiger charge is -2.16. The standard InChI is InChI=1S/C13H19N/c1-3-14-10-13(7-8-13)12-6-4-5-11(2)9-12/h4-6,9,14H,3,7-8,10H2,1-2H3. The molecule has 1 aliphatic rings. The number of nitrogens with one attached hydrogen (secondary N) is 1. The summed E-state index contributed by atoms with van der Waals surface area (Å²) in [6.07, 6.45) is 2.70. The second kappa shape index (κ2) is 3.74. The number of hydrogen-bond donors (Lipinski definition) is 1. The molecule has 0 spiro atoms. The number of likely N-dealkylation sites (N-methyl/N-ethyl adjacent to an activating group) is 1. The van der Waals surface area contributed by atoms with Crippen LogP contribution in [-0.2, 0) is 5.41 Å². The molecule has 2 rings (SSSR count). The van der Waals surface area contributed by atoms with Crippen molar-refractivity contribution in [3.63, 3.8) is 0 Å². The molecule has 1 saturated carbocycles. The molecule has 1 fully saturated rings. The third kappa shape index (κ3) is 1.83. The van der Waals surface area contributed by atoms with Crippen molar-refractivity contribution in [1.82, 2.24) is 5.32 Å². The summed E-state index contributed by atoms with van der Waals surface area (Å²) in [6.45, 7) is 6.57. The van der Waals surface area contributed by atoms with Gasteiger partial charge in [-0.1, -0.05) is 36.8 Å². The molecule has 0 atom stereocenters. The van der Waals surface area contributed by atoms with Crippen LogP contribution in [0.5, 0.6) is 0 Å². The fraction of sp³-hybridized carbons (Fsp3) is 0.538. The van der Waals surface area contributed by atoms with Gasteiger partial charge in [-0.05, 0) is 31.9 Å². The van der Waals surface area contributed by atoms with Crippen LogP contribution in [0.4, 0.5) is 0 Å². The first kappa shape index (κ1) is 9.72. The first-order chi connectivity index (χ1) is 6.77. The summed E-state index contributed by atoms with van der Waals surface area (Å²) in [6, 6.07) is 8.96. The van der Waals surface area contributed by atoms with Crippen LogP contribution in [-0.4, -0.2) is 13.1 Å². The van der Waals surface area contributed by atoms with Gasteiger partial charge in [0.15, 0.2) is 0 Å². The third-order valence-corrected chi connectivity index (χ3v) is 3.20. The minimum Gasteiger partial charge on any atom is -0.316 e. The molecule has 1 aromatic carbocycles.